The number of carboxylic acids is 1. The van der Waals surface area contributed by atoms with Gasteiger partial charge in [-0.15, -0.1) is 13.2 Å². The fourth-order valence-electron chi connectivity index (χ4n) is 0.589. The third-order valence-corrected chi connectivity index (χ3v) is 1.30. The molecule has 0 aliphatic heterocycles. The van der Waals surface area contributed by atoms with Gasteiger partial charge < -0.3 is 5.11 Å². The molecule has 1 aromatic carbocycles. The Bertz CT molecular complexity index is 403. The van der Waals surface area contributed by atoms with Crippen LogP contribution in [0, 0.1) is 11.3 Å². The number of benzene rings is 1. The summed E-state index contributed by atoms with van der Waals surface area (Å²) in [6, 6.07) is 11.7. The van der Waals surface area contributed by atoms with E-state index in [0.29, 0.717) is 0 Å². The highest BCUT2D eigenvalue weighted by atomic mass is 16.4. The lowest BCUT2D eigenvalue weighted by molar-refractivity contribution is -0.131. The first-order valence-electron chi connectivity index (χ1n) is 5.15. The van der Waals surface area contributed by atoms with Gasteiger partial charge in [0.05, 0.1) is 6.07 Å². The smallest absolute Gasteiger partial charge is 0.327 e. The van der Waals surface area contributed by atoms with Crippen LogP contribution in [0.2, 0.25) is 0 Å². The standard InChI is InChI=1S/C8H8.C3H3N.C3H4O2.C2H4/c1-2-8-6-4-3-5-7-8;1-2-3-4;1-2-3(4)5;1-2/h2-7H,1H2;2H,1H2;2H,1H2,(H,4,5);1-2H2. The number of carbonyl (C=O) groups is 1. The number of carboxylic acid groups (broad SMARTS) is 1. The SMILES string of the molecule is C=C.C=CC#N.C=CC(=O)O.C=Cc1ccccc1. The second kappa shape index (κ2) is 20.5. The van der Waals surface area contributed by atoms with E-state index < -0.39 is 5.97 Å². The maximum Gasteiger partial charge on any atom is 0.327 e. The molecule has 0 heterocycles. The van der Waals surface area contributed by atoms with Crippen molar-refractivity contribution in [2.75, 3.05) is 0 Å². The van der Waals surface area contributed by atoms with E-state index in [1.165, 1.54) is 11.6 Å². The zero-order valence-corrected chi connectivity index (χ0v) is 11.0. The van der Waals surface area contributed by atoms with Gasteiger partial charge in [-0.2, -0.15) is 5.26 Å². The van der Waals surface area contributed by atoms with Crippen molar-refractivity contribution < 1.29 is 9.90 Å². The maximum absolute atomic E-state index is 9.25. The number of nitrogens with zero attached hydrogens (tertiary/aromatic N) is 1. The number of hydrogen-bond acceptors (Lipinski definition) is 2. The van der Waals surface area contributed by atoms with Crippen LogP contribution in [0.5, 0.6) is 0 Å². The van der Waals surface area contributed by atoms with Gasteiger partial charge in [0.2, 0.25) is 0 Å². The zero-order chi connectivity index (χ0) is 15.5. The van der Waals surface area contributed by atoms with E-state index in [4.69, 9.17) is 10.4 Å². The Morgan fingerprint density at radius 1 is 1.16 bits per heavy atom. The van der Waals surface area contributed by atoms with Crippen LogP contribution in [0.4, 0.5) is 0 Å². The molecule has 0 saturated carbocycles. The van der Waals surface area contributed by atoms with Crippen molar-refractivity contribution in [1.29, 1.82) is 5.26 Å². The summed E-state index contributed by atoms with van der Waals surface area (Å²) in [6.07, 6.45) is 3.85. The second-order valence-corrected chi connectivity index (χ2v) is 2.49. The minimum atomic E-state index is -0.981. The third-order valence-electron chi connectivity index (χ3n) is 1.30. The molecule has 0 aliphatic rings. The molecule has 0 unspecified atom stereocenters. The van der Waals surface area contributed by atoms with Gasteiger partial charge in [0.25, 0.3) is 0 Å². The first-order chi connectivity index (χ1) is 9.12. The molecule has 3 heteroatoms. The average molecular weight is 257 g/mol. The molecule has 1 rings (SSSR count). The van der Waals surface area contributed by atoms with Crippen LogP contribution < -0.4 is 0 Å². The average Bonchev–Trinajstić information content (AvgIpc) is 2.50. The monoisotopic (exact) mass is 257 g/mol. The lowest BCUT2D eigenvalue weighted by Gasteiger charge is -1.85. The van der Waals surface area contributed by atoms with Crippen LogP contribution in [0.1, 0.15) is 5.56 Å². The highest BCUT2D eigenvalue weighted by Crippen LogP contribution is 1.97. The fraction of sp³-hybridized carbons (Fsp3) is 0. The van der Waals surface area contributed by atoms with Gasteiger partial charge in [-0.3, -0.25) is 0 Å². The minimum absolute atomic E-state index is 0.833. The van der Waals surface area contributed by atoms with E-state index >= 15 is 0 Å². The molecule has 0 radical (unpaired) electrons. The lowest BCUT2D eigenvalue weighted by Crippen LogP contribution is -1.82. The summed E-state index contributed by atoms with van der Waals surface area (Å²) in [4.78, 5) is 9.25. The summed E-state index contributed by atoms with van der Waals surface area (Å²) < 4.78 is 0. The minimum Gasteiger partial charge on any atom is -0.478 e. The van der Waals surface area contributed by atoms with Crippen LogP contribution in [0.15, 0.2) is 75.4 Å². The lowest BCUT2D eigenvalue weighted by atomic mass is 10.2. The zero-order valence-electron chi connectivity index (χ0n) is 11.0. The van der Waals surface area contributed by atoms with Gasteiger partial charge in [0, 0.05) is 12.2 Å². The van der Waals surface area contributed by atoms with Crippen molar-refractivity contribution in [2.45, 2.75) is 0 Å². The summed E-state index contributed by atoms with van der Waals surface area (Å²) in [6.45, 7) is 15.7. The normalized spacial score (nSPS) is 6.26. The highest BCUT2D eigenvalue weighted by molar-refractivity contribution is 5.78. The molecule has 1 aromatic rings. The molecule has 0 aromatic heterocycles. The van der Waals surface area contributed by atoms with E-state index in [-0.39, 0.29) is 0 Å². The largest absolute Gasteiger partial charge is 0.478 e. The Kier molecular flexibility index (Phi) is 23.2. The molecule has 100 valence electrons. The van der Waals surface area contributed by atoms with Crippen molar-refractivity contribution in [2.24, 2.45) is 0 Å². The number of allylic oxidation sites excluding steroid dienone is 1. The third kappa shape index (κ3) is 25.4. The molecular weight excluding hydrogens is 238 g/mol. The van der Waals surface area contributed by atoms with Crippen molar-refractivity contribution >= 4 is 12.0 Å². The van der Waals surface area contributed by atoms with E-state index in [1.807, 2.05) is 36.4 Å². The van der Waals surface area contributed by atoms with Gasteiger partial charge in [-0.25, -0.2) is 4.79 Å². The van der Waals surface area contributed by atoms with Crippen LogP contribution in [-0.4, -0.2) is 11.1 Å². The molecule has 0 aliphatic carbocycles. The summed E-state index contributed by atoms with van der Waals surface area (Å²) in [5, 5.41) is 15.1. The summed E-state index contributed by atoms with van der Waals surface area (Å²) in [5.74, 6) is -0.981. The number of nitriles is 1. The molecule has 19 heavy (non-hydrogen) atoms. The quantitative estimate of drug-likeness (QED) is 0.493. The van der Waals surface area contributed by atoms with Crippen molar-refractivity contribution in [3.63, 3.8) is 0 Å². The first-order valence-corrected chi connectivity index (χ1v) is 5.15. The molecule has 0 saturated heterocycles. The number of hydrogen-bond donors (Lipinski definition) is 1. The number of aliphatic carboxylic acids is 1. The van der Waals surface area contributed by atoms with Crippen molar-refractivity contribution in [1.82, 2.24) is 0 Å². The molecule has 0 atom stereocenters. The molecular formula is C16H19NO2. The van der Waals surface area contributed by atoms with E-state index in [1.54, 1.807) is 6.07 Å². The van der Waals surface area contributed by atoms with Crippen LogP contribution >= 0.6 is 0 Å². The first kappa shape index (κ1) is 21.4. The summed E-state index contributed by atoms with van der Waals surface area (Å²) >= 11 is 0. The molecule has 0 amide bonds. The van der Waals surface area contributed by atoms with Crippen LogP contribution in [0.3, 0.4) is 0 Å². The van der Waals surface area contributed by atoms with Gasteiger partial charge in [-0.1, -0.05) is 56.1 Å². The maximum atomic E-state index is 9.25. The molecule has 0 spiro atoms. The topological polar surface area (TPSA) is 61.1 Å². The summed E-state index contributed by atoms with van der Waals surface area (Å²) in [5.41, 5.74) is 1.17. The van der Waals surface area contributed by atoms with Crippen LogP contribution in [-0.2, 0) is 4.79 Å². The van der Waals surface area contributed by atoms with Gasteiger partial charge in [0.1, 0.15) is 0 Å². The molecule has 0 fully saturated rings. The van der Waals surface area contributed by atoms with Crippen LogP contribution in [0.25, 0.3) is 6.08 Å². The van der Waals surface area contributed by atoms with E-state index in [0.717, 1.165) is 6.08 Å². The Labute approximate surface area is 115 Å². The Morgan fingerprint density at radius 2 is 1.53 bits per heavy atom. The Balaban J connectivity index is -0.000000203. The Hall–Kier alpha value is -2.86. The van der Waals surface area contributed by atoms with Crippen molar-refractivity contribution in [3.05, 3.63) is 80.9 Å². The van der Waals surface area contributed by atoms with Gasteiger partial charge >= 0.3 is 5.97 Å². The van der Waals surface area contributed by atoms with Gasteiger partial charge in [0.15, 0.2) is 0 Å². The molecule has 3 nitrogen and oxygen atoms in total. The number of rotatable bonds is 2. The van der Waals surface area contributed by atoms with E-state index in [2.05, 4.69) is 32.9 Å². The highest BCUT2D eigenvalue weighted by Gasteiger charge is 1.75. The summed E-state index contributed by atoms with van der Waals surface area (Å²) in [7, 11) is 0. The Morgan fingerprint density at radius 3 is 1.68 bits per heavy atom. The fourth-order valence-corrected chi connectivity index (χ4v) is 0.589. The predicted octanol–water partition coefficient (Wildman–Crippen LogP) is 4.08. The molecule has 0 bridgehead atoms. The van der Waals surface area contributed by atoms with E-state index in [9.17, 15) is 4.79 Å². The predicted molar refractivity (Wildman–Crippen MR) is 81.4 cm³/mol. The second-order valence-electron chi connectivity index (χ2n) is 2.49. The van der Waals surface area contributed by atoms with Crippen molar-refractivity contribution in [3.8, 4) is 6.07 Å². The van der Waals surface area contributed by atoms with Gasteiger partial charge in [-0.05, 0) is 5.56 Å². The molecule has 1 N–H and O–H groups in total.